The topological polar surface area (TPSA) is 132 Å². The number of amides is 3. The van der Waals surface area contributed by atoms with Gasteiger partial charge >= 0.3 is 12.0 Å². The van der Waals surface area contributed by atoms with Crippen molar-refractivity contribution in [2.75, 3.05) is 40.5 Å². The number of hydrogen-bond acceptors (Lipinski definition) is 7. The fraction of sp³-hybridized carbons (Fsp3) is 0.500. The van der Waals surface area contributed by atoms with Gasteiger partial charge in [0.25, 0.3) is 0 Å². The number of methoxy groups -OCH3 is 2. The second kappa shape index (κ2) is 10.4. The summed E-state index contributed by atoms with van der Waals surface area (Å²) in [6.45, 7) is 3.50. The summed E-state index contributed by atoms with van der Waals surface area (Å²) in [5, 5.41) is 5.59. The minimum Gasteiger partial charge on any atom is -0.493 e. The second-order valence-electron chi connectivity index (χ2n) is 7.68. The normalized spacial score (nSPS) is 19.7. The van der Waals surface area contributed by atoms with Crippen LogP contribution in [0.2, 0.25) is 0 Å². The second-order valence-corrected chi connectivity index (χ2v) is 7.68. The molecule has 0 saturated carbocycles. The molecule has 10 nitrogen and oxygen atoms in total. The van der Waals surface area contributed by atoms with E-state index in [2.05, 4.69) is 15.5 Å². The molecule has 1 atom stereocenters. The molecule has 0 radical (unpaired) electrons. The standard InChI is InChI=1S/C22H30N4O6/c1-4-32-21(28)17-15(12-26-10-8-13(9-11-26)20(23)27)24-22(29)25-18(17)14-6-5-7-16(30-2)19(14)31-3/h5-7,13,18H,4,8-12H2,1-3H3,(H2,23,27)(H2,24,25,29)/t18-/m1/s1. The van der Waals surface area contributed by atoms with Crippen molar-refractivity contribution in [3.8, 4) is 11.5 Å². The monoisotopic (exact) mass is 446 g/mol. The van der Waals surface area contributed by atoms with E-state index in [0.717, 1.165) is 0 Å². The van der Waals surface area contributed by atoms with Gasteiger partial charge in [-0.2, -0.15) is 0 Å². The Hall–Kier alpha value is -3.27. The molecule has 1 aromatic rings. The molecule has 10 heteroatoms. The Morgan fingerprint density at radius 3 is 2.50 bits per heavy atom. The number of carbonyl (C=O) groups excluding carboxylic acids is 3. The van der Waals surface area contributed by atoms with Crippen LogP contribution in [0.25, 0.3) is 0 Å². The van der Waals surface area contributed by atoms with E-state index in [4.69, 9.17) is 19.9 Å². The van der Waals surface area contributed by atoms with Gasteiger partial charge in [0.1, 0.15) is 0 Å². The van der Waals surface area contributed by atoms with E-state index in [1.807, 2.05) is 0 Å². The van der Waals surface area contributed by atoms with E-state index < -0.39 is 18.0 Å². The third kappa shape index (κ3) is 4.96. The number of nitrogens with zero attached hydrogens (tertiary/aromatic N) is 1. The van der Waals surface area contributed by atoms with E-state index in [1.165, 1.54) is 14.2 Å². The lowest BCUT2D eigenvalue weighted by molar-refractivity contribution is -0.139. The molecule has 32 heavy (non-hydrogen) atoms. The number of nitrogens with one attached hydrogen (secondary N) is 2. The van der Waals surface area contributed by atoms with Crippen molar-refractivity contribution in [3.05, 3.63) is 35.0 Å². The van der Waals surface area contributed by atoms with Crippen LogP contribution in [0.3, 0.4) is 0 Å². The average molecular weight is 447 g/mol. The van der Waals surface area contributed by atoms with Crippen molar-refractivity contribution in [1.82, 2.24) is 15.5 Å². The Labute approximate surface area is 187 Å². The third-order valence-electron chi connectivity index (χ3n) is 5.77. The molecule has 2 heterocycles. The van der Waals surface area contributed by atoms with Gasteiger partial charge in [-0.05, 0) is 38.9 Å². The van der Waals surface area contributed by atoms with Gasteiger partial charge in [0.2, 0.25) is 5.91 Å². The van der Waals surface area contributed by atoms with Crippen LogP contribution in [0.4, 0.5) is 4.79 Å². The van der Waals surface area contributed by atoms with Crippen LogP contribution in [-0.4, -0.2) is 63.3 Å². The zero-order chi connectivity index (χ0) is 23.3. The van der Waals surface area contributed by atoms with Crippen molar-refractivity contribution in [2.24, 2.45) is 11.7 Å². The largest absolute Gasteiger partial charge is 0.493 e. The summed E-state index contributed by atoms with van der Waals surface area (Å²) >= 11 is 0. The molecule has 0 unspecified atom stereocenters. The summed E-state index contributed by atoms with van der Waals surface area (Å²) in [5.74, 6) is -0.0730. The Morgan fingerprint density at radius 1 is 1.19 bits per heavy atom. The molecule has 3 rings (SSSR count). The number of esters is 1. The molecular weight excluding hydrogens is 416 g/mol. The number of benzene rings is 1. The van der Waals surface area contributed by atoms with Crippen molar-refractivity contribution < 1.29 is 28.6 Å². The third-order valence-corrected chi connectivity index (χ3v) is 5.77. The van der Waals surface area contributed by atoms with Crippen LogP contribution in [0.1, 0.15) is 31.4 Å². The summed E-state index contributed by atoms with van der Waals surface area (Å²) in [5.41, 5.74) is 6.77. The predicted octanol–water partition coefficient (Wildman–Crippen LogP) is 1.07. The van der Waals surface area contributed by atoms with Crippen LogP contribution in [0.5, 0.6) is 11.5 Å². The van der Waals surface area contributed by atoms with Crippen LogP contribution in [0, 0.1) is 5.92 Å². The number of urea groups is 1. The lowest BCUT2D eigenvalue weighted by Gasteiger charge is -2.35. The number of piperidine rings is 1. The SMILES string of the molecule is CCOC(=O)C1=C(CN2CCC(C(N)=O)CC2)NC(=O)N[C@@H]1c1cccc(OC)c1OC. The number of ether oxygens (including phenoxy) is 3. The van der Waals surface area contributed by atoms with Gasteiger partial charge in [0, 0.05) is 23.7 Å². The minimum atomic E-state index is -0.786. The molecule has 0 spiro atoms. The van der Waals surface area contributed by atoms with E-state index in [-0.39, 0.29) is 18.4 Å². The molecule has 4 N–H and O–H groups in total. The fourth-order valence-electron chi connectivity index (χ4n) is 4.16. The first-order chi connectivity index (χ1) is 15.4. The summed E-state index contributed by atoms with van der Waals surface area (Å²) in [7, 11) is 3.02. The molecular formula is C22H30N4O6. The van der Waals surface area contributed by atoms with Crippen LogP contribution in [-0.2, 0) is 14.3 Å². The lowest BCUT2D eigenvalue weighted by Crippen LogP contribution is -2.49. The maximum Gasteiger partial charge on any atom is 0.338 e. The van der Waals surface area contributed by atoms with Gasteiger partial charge in [-0.1, -0.05) is 12.1 Å². The van der Waals surface area contributed by atoms with Crippen molar-refractivity contribution in [2.45, 2.75) is 25.8 Å². The quantitative estimate of drug-likeness (QED) is 0.509. The number of rotatable bonds is 8. The Bertz CT molecular complexity index is 908. The van der Waals surface area contributed by atoms with Crippen molar-refractivity contribution in [1.29, 1.82) is 0 Å². The molecule has 1 saturated heterocycles. The summed E-state index contributed by atoms with van der Waals surface area (Å²) < 4.78 is 16.2. The fourth-order valence-corrected chi connectivity index (χ4v) is 4.16. The van der Waals surface area contributed by atoms with E-state index >= 15 is 0 Å². The summed E-state index contributed by atoms with van der Waals surface area (Å²) in [6.07, 6.45) is 1.27. The van der Waals surface area contributed by atoms with E-state index in [1.54, 1.807) is 25.1 Å². The van der Waals surface area contributed by atoms with E-state index in [0.29, 0.717) is 60.8 Å². The first-order valence-electron chi connectivity index (χ1n) is 10.6. The molecule has 1 aromatic carbocycles. The highest BCUT2D eigenvalue weighted by Crippen LogP contribution is 2.39. The molecule has 0 bridgehead atoms. The molecule has 2 aliphatic heterocycles. The zero-order valence-electron chi connectivity index (χ0n) is 18.6. The Morgan fingerprint density at radius 2 is 1.91 bits per heavy atom. The Kier molecular flexibility index (Phi) is 7.57. The summed E-state index contributed by atoms with van der Waals surface area (Å²) in [4.78, 5) is 39.1. The first kappa shape index (κ1) is 23.4. The molecule has 0 aromatic heterocycles. The Balaban J connectivity index is 1.99. The first-order valence-corrected chi connectivity index (χ1v) is 10.6. The molecule has 174 valence electrons. The number of likely N-dealkylation sites (tertiary alicyclic amines) is 1. The molecule has 1 fully saturated rings. The highest BCUT2D eigenvalue weighted by molar-refractivity contribution is 5.95. The lowest BCUT2D eigenvalue weighted by atomic mass is 9.93. The number of primary amides is 1. The van der Waals surface area contributed by atoms with Crippen molar-refractivity contribution >= 4 is 17.9 Å². The van der Waals surface area contributed by atoms with Crippen LogP contribution < -0.4 is 25.8 Å². The van der Waals surface area contributed by atoms with Gasteiger partial charge in [-0.15, -0.1) is 0 Å². The van der Waals surface area contributed by atoms with Gasteiger partial charge in [0.15, 0.2) is 11.5 Å². The number of para-hydroxylation sites is 1. The average Bonchev–Trinajstić information content (AvgIpc) is 2.78. The predicted molar refractivity (Wildman–Crippen MR) is 116 cm³/mol. The number of carbonyl (C=O) groups is 3. The minimum absolute atomic E-state index is 0.152. The highest BCUT2D eigenvalue weighted by atomic mass is 16.5. The zero-order valence-corrected chi connectivity index (χ0v) is 18.6. The number of hydrogen-bond donors (Lipinski definition) is 3. The molecule has 2 aliphatic rings. The maximum atomic E-state index is 13.0. The van der Waals surface area contributed by atoms with Crippen molar-refractivity contribution in [3.63, 3.8) is 0 Å². The molecule has 0 aliphatic carbocycles. The maximum absolute atomic E-state index is 13.0. The van der Waals surface area contributed by atoms with Crippen LogP contribution in [0.15, 0.2) is 29.5 Å². The van der Waals surface area contributed by atoms with Gasteiger partial charge in [-0.25, -0.2) is 9.59 Å². The highest BCUT2D eigenvalue weighted by Gasteiger charge is 2.37. The number of nitrogens with two attached hydrogens (primary N) is 1. The van der Waals surface area contributed by atoms with Gasteiger partial charge < -0.3 is 30.6 Å². The van der Waals surface area contributed by atoms with E-state index in [9.17, 15) is 14.4 Å². The van der Waals surface area contributed by atoms with Crippen LogP contribution >= 0.6 is 0 Å². The van der Waals surface area contributed by atoms with Gasteiger partial charge in [0.05, 0.1) is 32.4 Å². The van der Waals surface area contributed by atoms with Gasteiger partial charge in [-0.3, -0.25) is 9.69 Å². The summed E-state index contributed by atoms with van der Waals surface area (Å²) in [6, 6.07) is 4.05. The smallest absolute Gasteiger partial charge is 0.338 e. The molecule has 3 amide bonds.